The lowest BCUT2D eigenvalue weighted by Crippen LogP contribution is -1.98. The molecule has 1 aromatic rings. The quantitative estimate of drug-likeness (QED) is 0.606. The van der Waals surface area contributed by atoms with Gasteiger partial charge in [0.15, 0.2) is 0 Å². The van der Waals surface area contributed by atoms with Crippen LogP contribution in [0.2, 0.25) is 5.28 Å². The Balaban J connectivity index is 3.13. The van der Waals surface area contributed by atoms with Crippen molar-refractivity contribution in [2.24, 2.45) is 0 Å². The molecule has 0 N–H and O–H groups in total. The first-order chi connectivity index (χ1) is 5.11. The molecule has 60 valence electrons. The largest absolute Gasteiger partial charge is 0.226 e. The lowest BCUT2D eigenvalue weighted by atomic mass is 10.1. The van der Waals surface area contributed by atoms with Gasteiger partial charge in [0, 0.05) is 6.20 Å². The molecule has 0 aliphatic rings. The van der Waals surface area contributed by atoms with Crippen LogP contribution >= 0.6 is 11.6 Å². The first-order valence-corrected chi connectivity index (χ1v) is 3.98. The smallest absolute Gasteiger partial charge is 0.222 e. The topological polar surface area (TPSA) is 25.8 Å². The molecular formula is C8H11ClN2. The number of aryl methyl sites for hydroxylation is 1. The van der Waals surface area contributed by atoms with Gasteiger partial charge in [-0.2, -0.15) is 0 Å². The molecule has 0 fully saturated rings. The van der Waals surface area contributed by atoms with E-state index in [0.29, 0.717) is 11.2 Å². The highest BCUT2D eigenvalue weighted by Gasteiger charge is 2.05. The maximum absolute atomic E-state index is 5.64. The van der Waals surface area contributed by atoms with Crippen molar-refractivity contribution in [3.05, 3.63) is 22.7 Å². The van der Waals surface area contributed by atoms with E-state index in [9.17, 15) is 0 Å². The highest BCUT2D eigenvalue weighted by Crippen LogP contribution is 2.16. The number of halogens is 1. The number of aromatic nitrogens is 2. The summed E-state index contributed by atoms with van der Waals surface area (Å²) in [4.78, 5) is 8.00. The van der Waals surface area contributed by atoms with Crippen molar-refractivity contribution in [3.8, 4) is 0 Å². The zero-order valence-electron chi connectivity index (χ0n) is 6.93. The van der Waals surface area contributed by atoms with Crippen LogP contribution in [0.3, 0.4) is 0 Å². The summed E-state index contributed by atoms with van der Waals surface area (Å²) >= 11 is 5.64. The van der Waals surface area contributed by atoms with Gasteiger partial charge < -0.3 is 0 Å². The van der Waals surface area contributed by atoms with E-state index >= 15 is 0 Å². The Labute approximate surface area is 71.6 Å². The number of hydrogen-bond donors (Lipinski definition) is 0. The number of nitrogens with zero attached hydrogens (tertiary/aromatic N) is 2. The Kier molecular flexibility index (Phi) is 2.45. The van der Waals surface area contributed by atoms with E-state index < -0.39 is 0 Å². The molecule has 0 saturated carbocycles. The Hall–Kier alpha value is -0.630. The van der Waals surface area contributed by atoms with Crippen molar-refractivity contribution in [1.29, 1.82) is 0 Å². The predicted molar refractivity (Wildman–Crippen MR) is 45.9 cm³/mol. The van der Waals surface area contributed by atoms with Gasteiger partial charge in [0.2, 0.25) is 5.28 Å². The van der Waals surface area contributed by atoms with Crippen LogP contribution in [-0.4, -0.2) is 9.97 Å². The Morgan fingerprint density at radius 2 is 2.09 bits per heavy atom. The third-order valence-electron chi connectivity index (χ3n) is 1.53. The highest BCUT2D eigenvalue weighted by atomic mass is 35.5. The van der Waals surface area contributed by atoms with Crippen LogP contribution in [0, 0.1) is 6.92 Å². The van der Waals surface area contributed by atoms with Gasteiger partial charge in [-0.1, -0.05) is 13.8 Å². The van der Waals surface area contributed by atoms with E-state index in [4.69, 9.17) is 11.6 Å². The molecule has 0 aliphatic carbocycles. The summed E-state index contributed by atoms with van der Waals surface area (Å²) in [5.41, 5.74) is 2.13. The molecule has 1 heterocycles. The lowest BCUT2D eigenvalue weighted by molar-refractivity contribution is 0.801. The molecule has 0 amide bonds. The summed E-state index contributed by atoms with van der Waals surface area (Å²) in [6.07, 6.45) is 1.75. The molecular weight excluding hydrogens is 160 g/mol. The molecule has 0 unspecified atom stereocenters. The molecule has 1 rings (SSSR count). The fourth-order valence-electron chi connectivity index (χ4n) is 1.02. The van der Waals surface area contributed by atoms with Crippen molar-refractivity contribution in [2.45, 2.75) is 26.7 Å². The molecule has 0 saturated heterocycles. The van der Waals surface area contributed by atoms with Crippen molar-refractivity contribution in [2.75, 3.05) is 0 Å². The maximum atomic E-state index is 5.64. The molecule has 3 heteroatoms. The van der Waals surface area contributed by atoms with Gasteiger partial charge in [0.1, 0.15) is 0 Å². The SMILES string of the molecule is Cc1cnc(Cl)nc1C(C)C. The van der Waals surface area contributed by atoms with E-state index in [2.05, 4.69) is 23.8 Å². The average Bonchev–Trinajstić information content (AvgIpc) is 1.94. The van der Waals surface area contributed by atoms with E-state index in [1.54, 1.807) is 6.20 Å². The zero-order valence-corrected chi connectivity index (χ0v) is 7.68. The van der Waals surface area contributed by atoms with Crippen molar-refractivity contribution < 1.29 is 0 Å². The fourth-order valence-corrected chi connectivity index (χ4v) is 1.16. The van der Waals surface area contributed by atoms with Crippen LogP contribution in [-0.2, 0) is 0 Å². The molecule has 0 radical (unpaired) electrons. The van der Waals surface area contributed by atoms with Crippen LogP contribution in [0.1, 0.15) is 31.0 Å². The summed E-state index contributed by atoms with van der Waals surface area (Å²) < 4.78 is 0. The zero-order chi connectivity index (χ0) is 8.43. The second kappa shape index (κ2) is 3.18. The molecule has 0 bridgehead atoms. The Morgan fingerprint density at radius 3 is 2.55 bits per heavy atom. The first-order valence-electron chi connectivity index (χ1n) is 3.60. The summed E-state index contributed by atoms with van der Waals surface area (Å²) in [5.74, 6) is 0.412. The summed E-state index contributed by atoms with van der Waals surface area (Å²) in [5, 5.41) is 0.333. The fraction of sp³-hybridized carbons (Fsp3) is 0.500. The van der Waals surface area contributed by atoms with E-state index in [-0.39, 0.29) is 0 Å². The van der Waals surface area contributed by atoms with Gasteiger partial charge in [-0.3, -0.25) is 0 Å². The van der Waals surface area contributed by atoms with Crippen LogP contribution in [0.25, 0.3) is 0 Å². The maximum Gasteiger partial charge on any atom is 0.222 e. The average molecular weight is 171 g/mol. The van der Waals surface area contributed by atoms with E-state index in [1.807, 2.05) is 6.92 Å². The van der Waals surface area contributed by atoms with Crippen LogP contribution in [0.5, 0.6) is 0 Å². The van der Waals surface area contributed by atoms with Gasteiger partial charge in [0.25, 0.3) is 0 Å². The van der Waals surface area contributed by atoms with Gasteiger partial charge in [-0.05, 0) is 30.0 Å². The van der Waals surface area contributed by atoms with Crippen LogP contribution in [0.4, 0.5) is 0 Å². The Bertz CT molecular complexity index is 258. The molecule has 1 aromatic heterocycles. The minimum absolute atomic E-state index is 0.333. The molecule has 0 aliphatic heterocycles. The summed E-state index contributed by atoms with van der Waals surface area (Å²) in [7, 11) is 0. The number of rotatable bonds is 1. The minimum atomic E-state index is 0.333. The van der Waals surface area contributed by atoms with Gasteiger partial charge in [-0.25, -0.2) is 9.97 Å². The van der Waals surface area contributed by atoms with Gasteiger partial charge in [0.05, 0.1) is 5.69 Å². The predicted octanol–water partition coefficient (Wildman–Crippen LogP) is 2.56. The lowest BCUT2D eigenvalue weighted by Gasteiger charge is -2.06. The summed E-state index contributed by atoms with van der Waals surface area (Å²) in [6.45, 7) is 6.17. The summed E-state index contributed by atoms with van der Waals surface area (Å²) in [6, 6.07) is 0. The first kappa shape index (κ1) is 8.47. The van der Waals surface area contributed by atoms with Crippen LogP contribution < -0.4 is 0 Å². The normalized spacial score (nSPS) is 10.6. The van der Waals surface area contributed by atoms with Gasteiger partial charge in [-0.15, -0.1) is 0 Å². The second-order valence-corrected chi connectivity index (χ2v) is 3.20. The second-order valence-electron chi connectivity index (χ2n) is 2.86. The molecule has 0 spiro atoms. The van der Waals surface area contributed by atoms with Gasteiger partial charge >= 0.3 is 0 Å². The molecule has 0 atom stereocenters. The molecule has 0 aromatic carbocycles. The van der Waals surface area contributed by atoms with E-state index in [0.717, 1.165) is 11.3 Å². The van der Waals surface area contributed by atoms with Crippen molar-refractivity contribution in [1.82, 2.24) is 9.97 Å². The molecule has 2 nitrogen and oxygen atoms in total. The minimum Gasteiger partial charge on any atom is -0.226 e. The van der Waals surface area contributed by atoms with Crippen LogP contribution in [0.15, 0.2) is 6.20 Å². The third kappa shape index (κ3) is 1.90. The number of hydrogen-bond acceptors (Lipinski definition) is 2. The highest BCUT2D eigenvalue weighted by molar-refractivity contribution is 6.28. The standard InChI is InChI=1S/C8H11ClN2/c1-5(2)7-6(3)4-10-8(9)11-7/h4-5H,1-3H3. The third-order valence-corrected chi connectivity index (χ3v) is 1.71. The monoisotopic (exact) mass is 170 g/mol. The van der Waals surface area contributed by atoms with Crippen molar-refractivity contribution in [3.63, 3.8) is 0 Å². The Morgan fingerprint density at radius 1 is 1.45 bits per heavy atom. The molecule has 11 heavy (non-hydrogen) atoms. The van der Waals surface area contributed by atoms with Crippen molar-refractivity contribution >= 4 is 11.6 Å². The van der Waals surface area contributed by atoms with E-state index in [1.165, 1.54) is 0 Å².